The molecule has 190 valence electrons. The van der Waals surface area contributed by atoms with Crippen LogP contribution >= 0.6 is 0 Å². The van der Waals surface area contributed by atoms with Gasteiger partial charge in [0.1, 0.15) is 24.1 Å². The standard InChI is InChI=1S/C29H33NO6/c1-4-35-26-18-21(15-16-23(26)36-19-20-10-6-5-7-11-20)28(30-17-9-12-22(30)29(31)32)27-24(33-2)13-8-14-25(27)34-3/h5-8,10-11,13-16,18,22,28H,4,9,12,17,19H2,1-3H3,(H,31,32). The van der Waals surface area contributed by atoms with Gasteiger partial charge in [-0.05, 0) is 55.2 Å². The van der Waals surface area contributed by atoms with Crippen LogP contribution in [0.15, 0.2) is 66.7 Å². The number of nitrogens with zero attached hydrogens (tertiary/aromatic N) is 1. The molecule has 1 N–H and O–H groups in total. The average molecular weight is 492 g/mol. The summed E-state index contributed by atoms with van der Waals surface area (Å²) in [6, 6.07) is 20.3. The number of carboxylic acids is 1. The molecule has 0 aromatic heterocycles. The maximum absolute atomic E-state index is 12.2. The largest absolute Gasteiger partial charge is 0.496 e. The van der Waals surface area contributed by atoms with E-state index in [4.69, 9.17) is 18.9 Å². The van der Waals surface area contributed by atoms with Gasteiger partial charge in [-0.2, -0.15) is 0 Å². The molecular formula is C29H33NO6. The van der Waals surface area contributed by atoms with Crippen molar-refractivity contribution in [3.05, 3.63) is 83.4 Å². The molecule has 0 saturated carbocycles. The molecule has 0 radical (unpaired) electrons. The molecule has 2 atom stereocenters. The summed E-state index contributed by atoms with van der Waals surface area (Å²) in [7, 11) is 3.22. The summed E-state index contributed by atoms with van der Waals surface area (Å²) in [5, 5.41) is 9.99. The summed E-state index contributed by atoms with van der Waals surface area (Å²) >= 11 is 0. The lowest BCUT2D eigenvalue weighted by atomic mass is 9.94. The van der Waals surface area contributed by atoms with Crippen molar-refractivity contribution in [3.8, 4) is 23.0 Å². The first-order chi connectivity index (χ1) is 17.6. The summed E-state index contributed by atoms with van der Waals surface area (Å²) in [4.78, 5) is 14.2. The predicted molar refractivity (Wildman–Crippen MR) is 137 cm³/mol. The molecule has 4 rings (SSSR count). The van der Waals surface area contributed by atoms with Gasteiger partial charge in [0.15, 0.2) is 11.5 Å². The van der Waals surface area contributed by atoms with Crippen LogP contribution in [0.5, 0.6) is 23.0 Å². The normalized spacial score (nSPS) is 16.4. The first kappa shape index (κ1) is 25.4. The van der Waals surface area contributed by atoms with Crippen LogP contribution in [-0.2, 0) is 11.4 Å². The topological polar surface area (TPSA) is 77.5 Å². The lowest BCUT2D eigenvalue weighted by Crippen LogP contribution is -2.39. The summed E-state index contributed by atoms with van der Waals surface area (Å²) in [5.74, 6) is 1.68. The Labute approximate surface area is 212 Å². The molecule has 2 unspecified atom stereocenters. The lowest BCUT2D eigenvalue weighted by molar-refractivity contribution is -0.142. The van der Waals surface area contributed by atoms with Crippen molar-refractivity contribution in [1.29, 1.82) is 0 Å². The highest BCUT2D eigenvalue weighted by molar-refractivity contribution is 5.74. The Balaban J connectivity index is 1.79. The summed E-state index contributed by atoms with van der Waals surface area (Å²) < 4.78 is 23.5. The zero-order valence-corrected chi connectivity index (χ0v) is 21.0. The molecule has 0 aliphatic carbocycles. The van der Waals surface area contributed by atoms with Crippen molar-refractivity contribution in [2.75, 3.05) is 27.4 Å². The molecular weight excluding hydrogens is 458 g/mol. The molecule has 3 aromatic rings. The Morgan fingerprint density at radius 2 is 1.67 bits per heavy atom. The number of carbonyl (C=O) groups is 1. The Hall–Kier alpha value is -3.71. The Morgan fingerprint density at radius 1 is 0.944 bits per heavy atom. The minimum Gasteiger partial charge on any atom is -0.496 e. The first-order valence-electron chi connectivity index (χ1n) is 12.2. The highest BCUT2D eigenvalue weighted by Crippen LogP contribution is 2.45. The summed E-state index contributed by atoms with van der Waals surface area (Å²) in [6.07, 6.45) is 1.38. The number of carboxylic acid groups (broad SMARTS) is 1. The Bertz CT molecular complexity index is 1140. The minimum atomic E-state index is -0.834. The van der Waals surface area contributed by atoms with E-state index in [1.165, 1.54) is 0 Å². The van der Waals surface area contributed by atoms with Crippen molar-refractivity contribution in [2.24, 2.45) is 0 Å². The van der Waals surface area contributed by atoms with E-state index in [9.17, 15) is 9.90 Å². The molecule has 1 fully saturated rings. The number of aliphatic carboxylic acids is 1. The van der Waals surface area contributed by atoms with Gasteiger partial charge >= 0.3 is 5.97 Å². The second-order valence-electron chi connectivity index (χ2n) is 8.63. The second kappa shape index (κ2) is 11.8. The third-order valence-electron chi connectivity index (χ3n) is 6.47. The van der Waals surface area contributed by atoms with Crippen LogP contribution in [0.25, 0.3) is 0 Å². The monoisotopic (exact) mass is 491 g/mol. The third kappa shape index (κ3) is 5.41. The van der Waals surface area contributed by atoms with Crippen LogP contribution in [0, 0.1) is 0 Å². The maximum Gasteiger partial charge on any atom is 0.320 e. The van der Waals surface area contributed by atoms with Gasteiger partial charge in [-0.3, -0.25) is 9.69 Å². The van der Waals surface area contributed by atoms with E-state index in [1.54, 1.807) is 14.2 Å². The molecule has 7 heteroatoms. The maximum atomic E-state index is 12.2. The average Bonchev–Trinajstić information content (AvgIpc) is 3.39. The molecule has 3 aromatic carbocycles. The van der Waals surface area contributed by atoms with E-state index < -0.39 is 18.1 Å². The lowest BCUT2D eigenvalue weighted by Gasteiger charge is -2.34. The molecule has 0 amide bonds. The smallest absolute Gasteiger partial charge is 0.320 e. The fourth-order valence-electron chi connectivity index (χ4n) is 4.85. The highest BCUT2D eigenvalue weighted by Gasteiger charge is 2.39. The zero-order chi connectivity index (χ0) is 25.5. The van der Waals surface area contributed by atoms with Crippen LogP contribution in [0.2, 0.25) is 0 Å². The number of benzene rings is 3. The molecule has 0 bridgehead atoms. The van der Waals surface area contributed by atoms with Gasteiger partial charge in [0.2, 0.25) is 0 Å². The minimum absolute atomic E-state index is 0.414. The zero-order valence-electron chi connectivity index (χ0n) is 21.0. The van der Waals surface area contributed by atoms with Crippen LogP contribution in [0.4, 0.5) is 0 Å². The highest BCUT2D eigenvalue weighted by atomic mass is 16.5. The molecule has 1 aliphatic rings. The van der Waals surface area contributed by atoms with Crippen molar-refractivity contribution in [1.82, 2.24) is 4.90 Å². The van der Waals surface area contributed by atoms with Gasteiger partial charge in [0.25, 0.3) is 0 Å². The van der Waals surface area contributed by atoms with Crippen molar-refractivity contribution in [3.63, 3.8) is 0 Å². The van der Waals surface area contributed by atoms with Gasteiger partial charge in [-0.25, -0.2) is 0 Å². The van der Waals surface area contributed by atoms with Gasteiger partial charge in [0.05, 0.1) is 32.4 Å². The molecule has 7 nitrogen and oxygen atoms in total. The van der Waals surface area contributed by atoms with E-state index in [0.29, 0.717) is 49.2 Å². The molecule has 1 saturated heterocycles. The number of rotatable bonds is 11. The van der Waals surface area contributed by atoms with E-state index in [-0.39, 0.29) is 0 Å². The van der Waals surface area contributed by atoms with Crippen LogP contribution in [0.3, 0.4) is 0 Å². The number of hydrogen-bond acceptors (Lipinski definition) is 6. The fraction of sp³-hybridized carbons (Fsp3) is 0.345. The van der Waals surface area contributed by atoms with Gasteiger partial charge in [-0.15, -0.1) is 0 Å². The second-order valence-corrected chi connectivity index (χ2v) is 8.63. The summed E-state index contributed by atoms with van der Waals surface area (Å²) in [6.45, 7) is 3.45. The van der Waals surface area contributed by atoms with Crippen molar-refractivity contribution in [2.45, 2.75) is 38.5 Å². The molecule has 0 spiro atoms. The predicted octanol–water partition coefficient (Wildman–Crippen LogP) is 5.32. The Morgan fingerprint density at radius 3 is 2.31 bits per heavy atom. The number of likely N-dealkylation sites (tertiary alicyclic amines) is 1. The summed E-state index contributed by atoms with van der Waals surface area (Å²) in [5.41, 5.74) is 2.72. The fourth-order valence-corrected chi connectivity index (χ4v) is 4.85. The number of ether oxygens (including phenoxy) is 4. The van der Waals surface area contributed by atoms with E-state index in [1.807, 2.05) is 78.6 Å². The van der Waals surface area contributed by atoms with Crippen LogP contribution in [0.1, 0.15) is 42.5 Å². The van der Waals surface area contributed by atoms with Crippen molar-refractivity contribution >= 4 is 5.97 Å². The Kier molecular flexibility index (Phi) is 8.33. The third-order valence-corrected chi connectivity index (χ3v) is 6.47. The van der Waals surface area contributed by atoms with E-state index in [0.717, 1.165) is 23.1 Å². The first-order valence-corrected chi connectivity index (χ1v) is 12.2. The SMILES string of the molecule is CCOc1cc(C(c2c(OC)cccc2OC)N2CCCC2C(=O)O)ccc1OCc1ccccc1. The van der Waals surface area contributed by atoms with Gasteiger partial charge < -0.3 is 24.1 Å². The molecule has 1 heterocycles. The number of methoxy groups -OCH3 is 2. The van der Waals surface area contributed by atoms with E-state index >= 15 is 0 Å². The number of hydrogen-bond donors (Lipinski definition) is 1. The van der Waals surface area contributed by atoms with Crippen LogP contribution < -0.4 is 18.9 Å². The van der Waals surface area contributed by atoms with E-state index in [2.05, 4.69) is 0 Å². The van der Waals surface area contributed by atoms with Crippen molar-refractivity contribution < 1.29 is 28.8 Å². The molecule has 36 heavy (non-hydrogen) atoms. The van der Waals surface area contributed by atoms with Gasteiger partial charge in [0, 0.05) is 6.54 Å². The van der Waals surface area contributed by atoms with Crippen LogP contribution in [-0.4, -0.2) is 49.4 Å². The van der Waals surface area contributed by atoms with Gasteiger partial charge in [-0.1, -0.05) is 42.5 Å². The quantitative estimate of drug-likeness (QED) is 0.389. The molecule has 1 aliphatic heterocycles.